The maximum absolute atomic E-state index is 12.6. The molecule has 10 heteroatoms. The van der Waals surface area contributed by atoms with Gasteiger partial charge in [0, 0.05) is 21.5 Å². The number of ether oxygens (including phenoxy) is 2. The van der Waals surface area contributed by atoms with Crippen molar-refractivity contribution in [2.24, 2.45) is 0 Å². The minimum atomic E-state index is -1.83. The zero-order valence-corrected chi connectivity index (χ0v) is 18.7. The Morgan fingerprint density at radius 2 is 1.00 bits per heavy atom. The number of benzene rings is 5. The number of fused-ring (bicyclic) bond motifs is 2. The number of methoxy groups -OCH3 is 2. The van der Waals surface area contributed by atoms with Crippen LogP contribution in [0.3, 0.4) is 0 Å². The molecule has 0 atom stereocenters. The van der Waals surface area contributed by atoms with E-state index in [1.54, 1.807) is 36.4 Å². The average Bonchev–Trinajstić information content (AvgIpc) is 2.84. The molecule has 0 saturated heterocycles. The van der Waals surface area contributed by atoms with E-state index in [-0.39, 0.29) is 27.7 Å². The summed E-state index contributed by atoms with van der Waals surface area (Å²) in [5.41, 5.74) is -3.42. The first kappa shape index (κ1) is 22.7. The lowest BCUT2D eigenvalue weighted by molar-refractivity contribution is 0.0635. The second-order valence-electron chi connectivity index (χ2n) is 8.00. The van der Waals surface area contributed by atoms with Crippen molar-refractivity contribution in [2.45, 2.75) is 0 Å². The highest BCUT2D eigenvalue weighted by molar-refractivity contribution is 6.41. The monoisotopic (exact) mass is 488 g/mol. The molecular weight excluding hydrogens is 472 g/mol. The number of hydrogen-bond donors (Lipinski definition) is 4. The normalized spacial score (nSPS) is 11.4. The van der Waals surface area contributed by atoms with E-state index in [1.165, 1.54) is 14.2 Å². The molecule has 180 valence electrons. The van der Waals surface area contributed by atoms with Gasteiger partial charge in [0.1, 0.15) is 5.56 Å². The molecule has 5 aromatic carbocycles. The Labute approximate surface area is 200 Å². The standard InChI is InChI=1S/C26H16O10/c1-35-21-14-11-8-4-6-9-5-3-7-10(12(9)11)13-15(14)16(20(26(33)34)22(21)36-2)18(24(29)30)19(25(31)32)17(13)23(27)28/h3-8H,1-2H3,(H,27,28)(H,29,30)(H,31,32)(H,33,34). The summed E-state index contributed by atoms with van der Waals surface area (Å²) in [4.78, 5) is 49.9. The van der Waals surface area contributed by atoms with Crippen LogP contribution in [0.25, 0.3) is 43.1 Å². The van der Waals surface area contributed by atoms with Crippen LogP contribution >= 0.6 is 0 Å². The number of carbonyl (C=O) groups is 4. The van der Waals surface area contributed by atoms with E-state index < -0.39 is 51.5 Å². The molecule has 0 amide bonds. The minimum absolute atomic E-state index is 0.0543. The second-order valence-corrected chi connectivity index (χ2v) is 8.00. The topological polar surface area (TPSA) is 168 Å². The quantitative estimate of drug-likeness (QED) is 0.197. The lowest BCUT2D eigenvalue weighted by Gasteiger charge is -2.23. The highest BCUT2D eigenvalue weighted by Gasteiger charge is 2.37. The molecule has 0 bridgehead atoms. The molecule has 0 aromatic heterocycles. The summed E-state index contributed by atoms with van der Waals surface area (Å²) in [6.07, 6.45) is 0. The Bertz CT molecular complexity index is 1810. The van der Waals surface area contributed by atoms with E-state index >= 15 is 0 Å². The van der Waals surface area contributed by atoms with E-state index in [1.807, 2.05) is 0 Å². The smallest absolute Gasteiger partial charge is 0.340 e. The molecule has 0 aliphatic heterocycles. The van der Waals surface area contributed by atoms with Crippen molar-refractivity contribution in [1.82, 2.24) is 0 Å². The van der Waals surface area contributed by atoms with Gasteiger partial charge in [-0.05, 0) is 21.5 Å². The molecule has 0 spiro atoms. The number of carboxylic acids is 4. The van der Waals surface area contributed by atoms with E-state index in [0.29, 0.717) is 21.5 Å². The fourth-order valence-corrected chi connectivity index (χ4v) is 5.22. The van der Waals surface area contributed by atoms with Crippen molar-refractivity contribution in [3.63, 3.8) is 0 Å². The first-order chi connectivity index (χ1) is 17.1. The minimum Gasteiger partial charge on any atom is -0.492 e. The molecule has 0 fully saturated rings. The molecule has 0 radical (unpaired) electrons. The summed E-state index contributed by atoms with van der Waals surface area (Å²) < 4.78 is 10.9. The third kappa shape index (κ3) is 2.72. The first-order valence-electron chi connectivity index (χ1n) is 10.4. The third-order valence-corrected chi connectivity index (χ3v) is 6.37. The molecule has 0 heterocycles. The Hall–Kier alpha value is -5.12. The van der Waals surface area contributed by atoms with Crippen LogP contribution in [0.2, 0.25) is 0 Å². The lowest BCUT2D eigenvalue weighted by Crippen LogP contribution is -2.18. The second kappa shape index (κ2) is 7.70. The number of carboxylic acid groups (broad SMARTS) is 4. The van der Waals surface area contributed by atoms with Gasteiger partial charge in [-0.25, -0.2) is 19.2 Å². The lowest BCUT2D eigenvalue weighted by atomic mass is 9.81. The van der Waals surface area contributed by atoms with Gasteiger partial charge in [-0.2, -0.15) is 0 Å². The summed E-state index contributed by atoms with van der Waals surface area (Å²) in [7, 11) is 2.44. The highest BCUT2D eigenvalue weighted by atomic mass is 16.5. The van der Waals surface area contributed by atoms with E-state index in [2.05, 4.69) is 0 Å². The number of hydrogen-bond acceptors (Lipinski definition) is 6. The Morgan fingerprint density at radius 3 is 1.47 bits per heavy atom. The van der Waals surface area contributed by atoms with Gasteiger partial charge in [0.2, 0.25) is 0 Å². The van der Waals surface area contributed by atoms with E-state index in [0.717, 1.165) is 0 Å². The fraction of sp³-hybridized carbons (Fsp3) is 0.0769. The Balaban J connectivity index is 2.41. The molecule has 5 rings (SSSR count). The van der Waals surface area contributed by atoms with Gasteiger partial charge in [0.15, 0.2) is 11.5 Å². The van der Waals surface area contributed by atoms with Crippen LogP contribution in [0.15, 0.2) is 36.4 Å². The summed E-state index contributed by atoms with van der Waals surface area (Å²) in [5.74, 6) is -7.30. The summed E-state index contributed by atoms with van der Waals surface area (Å²) >= 11 is 0. The molecule has 36 heavy (non-hydrogen) atoms. The number of aromatic carboxylic acids is 4. The maximum Gasteiger partial charge on any atom is 0.340 e. The summed E-state index contributed by atoms with van der Waals surface area (Å²) in [5, 5.41) is 42.2. The molecule has 0 saturated carbocycles. The van der Waals surface area contributed by atoms with Gasteiger partial charge in [0.05, 0.1) is 30.9 Å². The Kier molecular flexibility index (Phi) is 4.85. The third-order valence-electron chi connectivity index (χ3n) is 6.37. The van der Waals surface area contributed by atoms with Crippen LogP contribution in [0.4, 0.5) is 0 Å². The van der Waals surface area contributed by atoms with Gasteiger partial charge in [0.25, 0.3) is 0 Å². The summed E-state index contributed by atoms with van der Waals surface area (Å²) in [6, 6.07) is 10.2. The van der Waals surface area contributed by atoms with Crippen LogP contribution in [0, 0.1) is 0 Å². The van der Waals surface area contributed by atoms with Gasteiger partial charge < -0.3 is 29.9 Å². The van der Waals surface area contributed by atoms with Crippen LogP contribution in [-0.4, -0.2) is 58.5 Å². The van der Waals surface area contributed by atoms with Crippen LogP contribution < -0.4 is 9.47 Å². The predicted molar refractivity (Wildman–Crippen MR) is 129 cm³/mol. The molecular formula is C26H16O10. The maximum atomic E-state index is 12.6. The van der Waals surface area contributed by atoms with Crippen LogP contribution in [0.1, 0.15) is 41.4 Å². The Morgan fingerprint density at radius 1 is 0.528 bits per heavy atom. The molecule has 0 aliphatic carbocycles. The molecule has 10 nitrogen and oxygen atoms in total. The van der Waals surface area contributed by atoms with Gasteiger partial charge in [-0.3, -0.25) is 0 Å². The highest BCUT2D eigenvalue weighted by Crippen LogP contribution is 2.52. The molecule has 0 unspecified atom stereocenters. The first-order valence-corrected chi connectivity index (χ1v) is 10.4. The van der Waals surface area contributed by atoms with Crippen LogP contribution in [-0.2, 0) is 0 Å². The van der Waals surface area contributed by atoms with Gasteiger partial charge in [-0.15, -0.1) is 0 Å². The van der Waals surface area contributed by atoms with Gasteiger partial charge in [-0.1, -0.05) is 36.4 Å². The summed E-state index contributed by atoms with van der Waals surface area (Å²) in [6.45, 7) is 0. The molecule has 4 N–H and O–H groups in total. The number of rotatable bonds is 6. The molecule has 0 aliphatic rings. The van der Waals surface area contributed by atoms with Crippen molar-refractivity contribution in [3.05, 3.63) is 58.7 Å². The largest absolute Gasteiger partial charge is 0.492 e. The molecule has 5 aromatic rings. The van der Waals surface area contributed by atoms with Crippen molar-refractivity contribution >= 4 is 67.0 Å². The average molecular weight is 488 g/mol. The van der Waals surface area contributed by atoms with Crippen molar-refractivity contribution in [2.75, 3.05) is 14.2 Å². The van der Waals surface area contributed by atoms with Crippen molar-refractivity contribution in [3.8, 4) is 11.5 Å². The zero-order chi connectivity index (χ0) is 26.0. The van der Waals surface area contributed by atoms with Gasteiger partial charge >= 0.3 is 23.9 Å². The van der Waals surface area contributed by atoms with Crippen LogP contribution in [0.5, 0.6) is 11.5 Å². The zero-order valence-electron chi connectivity index (χ0n) is 18.7. The SMILES string of the molecule is COc1c(C(=O)O)c2c(C(=O)O)c(C(=O)O)c(C(=O)O)c3c4cccc5cccc(c(c1OC)c23)c54. The van der Waals surface area contributed by atoms with E-state index in [9.17, 15) is 39.6 Å². The predicted octanol–water partition coefficient (Wildman–Crippen LogP) is 4.55. The van der Waals surface area contributed by atoms with Crippen molar-refractivity contribution < 1.29 is 49.1 Å². The fourth-order valence-electron chi connectivity index (χ4n) is 5.22. The van der Waals surface area contributed by atoms with Crippen molar-refractivity contribution in [1.29, 1.82) is 0 Å². The van der Waals surface area contributed by atoms with E-state index in [4.69, 9.17) is 9.47 Å².